The van der Waals surface area contributed by atoms with E-state index in [4.69, 9.17) is 21.6 Å². The quantitative estimate of drug-likeness (QED) is 0.866. The lowest BCUT2D eigenvalue weighted by molar-refractivity contribution is 0.191. The van der Waals surface area contributed by atoms with Crippen molar-refractivity contribution in [1.82, 2.24) is 4.98 Å². The third-order valence-corrected chi connectivity index (χ3v) is 3.09. The molecule has 0 aliphatic heterocycles. The molecule has 4 nitrogen and oxygen atoms in total. The van der Waals surface area contributed by atoms with Gasteiger partial charge in [0, 0.05) is 19.8 Å². The van der Waals surface area contributed by atoms with Crippen molar-refractivity contribution in [3.05, 3.63) is 10.0 Å². The van der Waals surface area contributed by atoms with Crippen LogP contribution in [0.15, 0.2) is 0 Å². The maximum atomic E-state index is 8.70. The molecule has 0 aromatic carbocycles. The lowest BCUT2D eigenvalue weighted by Crippen LogP contribution is -2.16. The number of aromatic nitrogens is 1. The molecule has 15 heavy (non-hydrogen) atoms. The molecule has 0 saturated carbocycles. The van der Waals surface area contributed by atoms with Gasteiger partial charge >= 0.3 is 0 Å². The van der Waals surface area contributed by atoms with Gasteiger partial charge in [0.25, 0.3) is 0 Å². The van der Waals surface area contributed by atoms with Gasteiger partial charge in [0.15, 0.2) is 10.3 Å². The fraction of sp³-hybridized carbons (Fsp3) is 0.556. The number of hydrogen-bond donors (Lipinski definition) is 1. The molecule has 0 aliphatic rings. The van der Waals surface area contributed by atoms with Crippen molar-refractivity contribution >= 4 is 28.1 Å². The van der Waals surface area contributed by atoms with Crippen LogP contribution in [0.25, 0.3) is 0 Å². The average molecular weight is 246 g/mol. The van der Waals surface area contributed by atoms with Gasteiger partial charge in [-0.15, -0.1) is 0 Å². The van der Waals surface area contributed by atoms with Crippen LogP contribution in [0.2, 0.25) is 5.15 Å². The summed E-state index contributed by atoms with van der Waals surface area (Å²) in [7, 11) is 1.67. The molecular formula is C9H12ClN3OS. The van der Waals surface area contributed by atoms with Gasteiger partial charge in [0.05, 0.1) is 0 Å². The first-order valence-electron chi connectivity index (χ1n) is 4.49. The van der Waals surface area contributed by atoms with Gasteiger partial charge in [-0.2, -0.15) is 5.26 Å². The number of anilines is 1. The Morgan fingerprint density at radius 2 is 2.47 bits per heavy atom. The van der Waals surface area contributed by atoms with E-state index in [9.17, 15) is 0 Å². The van der Waals surface area contributed by atoms with Crippen LogP contribution in [0, 0.1) is 11.3 Å². The summed E-state index contributed by atoms with van der Waals surface area (Å²) >= 11 is 7.01. The maximum absolute atomic E-state index is 8.70. The number of nitrogens with zero attached hydrogens (tertiary/aromatic N) is 2. The van der Waals surface area contributed by atoms with Crippen molar-refractivity contribution in [2.45, 2.75) is 19.4 Å². The third-order valence-electron chi connectivity index (χ3n) is 1.81. The van der Waals surface area contributed by atoms with Gasteiger partial charge in [0.2, 0.25) is 0 Å². The van der Waals surface area contributed by atoms with E-state index in [1.807, 2.05) is 13.0 Å². The fourth-order valence-electron chi connectivity index (χ4n) is 1.01. The summed E-state index contributed by atoms with van der Waals surface area (Å²) in [6, 6.07) is 2.24. The van der Waals surface area contributed by atoms with Gasteiger partial charge in [-0.3, -0.25) is 0 Å². The SMILES string of the molecule is COCCC(C)Nc1nc(Cl)c(C#N)s1. The van der Waals surface area contributed by atoms with E-state index in [1.165, 1.54) is 11.3 Å². The largest absolute Gasteiger partial charge is 0.385 e. The Morgan fingerprint density at radius 1 is 1.73 bits per heavy atom. The zero-order chi connectivity index (χ0) is 11.3. The summed E-state index contributed by atoms with van der Waals surface area (Å²) in [5.41, 5.74) is 0. The average Bonchev–Trinajstić information content (AvgIpc) is 2.55. The zero-order valence-corrected chi connectivity index (χ0v) is 10.2. The zero-order valence-electron chi connectivity index (χ0n) is 8.58. The van der Waals surface area contributed by atoms with Crippen LogP contribution in [-0.2, 0) is 4.74 Å². The first kappa shape index (κ1) is 12.2. The Hall–Kier alpha value is -0.830. The van der Waals surface area contributed by atoms with Gasteiger partial charge in [0.1, 0.15) is 10.9 Å². The smallest absolute Gasteiger partial charge is 0.185 e. The molecule has 1 heterocycles. The molecule has 1 rings (SSSR count). The van der Waals surface area contributed by atoms with Crippen LogP contribution < -0.4 is 5.32 Å². The molecule has 0 bridgehead atoms. The molecule has 6 heteroatoms. The topological polar surface area (TPSA) is 57.9 Å². The molecule has 1 N–H and O–H groups in total. The minimum atomic E-state index is 0.249. The molecule has 0 amide bonds. The van der Waals surface area contributed by atoms with E-state index < -0.39 is 0 Å². The van der Waals surface area contributed by atoms with E-state index in [0.717, 1.165) is 6.42 Å². The van der Waals surface area contributed by atoms with Crippen molar-refractivity contribution in [3.63, 3.8) is 0 Å². The van der Waals surface area contributed by atoms with Crippen molar-refractivity contribution in [2.75, 3.05) is 19.0 Å². The fourth-order valence-corrected chi connectivity index (χ4v) is 2.07. The number of rotatable bonds is 5. The molecule has 0 saturated heterocycles. The molecule has 0 aliphatic carbocycles. The predicted octanol–water partition coefficient (Wildman–Crippen LogP) is 2.51. The second-order valence-electron chi connectivity index (χ2n) is 3.08. The number of ether oxygens (including phenoxy) is 1. The predicted molar refractivity (Wildman–Crippen MR) is 61.4 cm³/mol. The van der Waals surface area contributed by atoms with Crippen LogP contribution in [-0.4, -0.2) is 24.7 Å². The van der Waals surface area contributed by atoms with Crippen molar-refractivity contribution in [1.29, 1.82) is 5.26 Å². The molecule has 1 aromatic heterocycles. The lowest BCUT2D eigenvalue weighted by atomic mass is 10.2. The van der Waals surface area contributed by atoms with E-state index in [0.29, 0.717) is 16.6 Å². The van der Waals surface area contributed by atoms with E-state index in [2.05, 4.69) is 10.3 Å². The van der Waals surface area contributed by atoms with E-state index in [1.54, 1.807) is 7.11 Å². The minimum Gasteiger partial charge on any atom is -0.385 e. The Kier molecular flexibility index (Phi) is 4.82. The summed E-state index contributed by atoms with van der Waals surface area (Å²) in [6.07, 6.45) is 0.885. The van der Waals surface area contributed by atoms with Crippen molar-refractivity contribution in [2.24, 2.45) is 0 Å². The highest BCUT2D eigenvalue weighted by molar-refractivity contribution is 7.16. The molecule has 1 atom stereocenters. The molecule has 0 radical (unpaired) electrons. The molecular weight excluding hydrogens is 234 g/mol. The molecule has 1 aromatic rings. The number of halogens is 1. The summed E-state index contributed by atoms with van der Waals surface area (Å²) in [6.45, 7) is 2.72. The summed E-state index contributed by atoms with van der Waals surface area (Å²) in [5, 5.41) is 12.8. The highest BCUT2D eigenvalue weighted by Gasteiger charge is 2.10. The van der Waals surface area contributed by atoms with Gasteiger partial charge in [-0.1, -0.05) is 22.9 Å². The number of methoxy groups -OCH3 is 1. The van der Waals surface area contributed by atoms with Crippen LogP contribution in [0.1, 0.15) is 18.2 Å². The molecule has 1 unspecified atom stereocenters. The number of thiazole rings is 1. The van der Waals surface area contributed by atoms with Crippen molar-refractivity contribution < 1.29 is 4.74 Å². The highest BCUT2D eigenvalue weighted by atomic mass is 35.5. The Bertz CT molecular complexity index is 361. The van der Waals surface area contributed by atoms with E-state index >= 15 is 0 Å². The van der Waals surface area contributed by atoms with Gasteiger partial charge in [-0.25, -0.2) is 4.98 Å². The molecule has 0 spiro atoms. The third kappa shape index (κ3) is 3.67. The number of nitriles is 1. The molecule has 82 valence electrons. The second-order valence-corrected chi connectivity index (χ2v) is 4.43. The summed E-state index contributed by atoms with van der Waals surface area (Å²) < 4.78 is 4.96. The standard InChI is InChI=1S/C9H12ClN3OS/c1-6(3-4-14-2)12-9-13-8(10)7(5-11)15-9/h6H,3-4H2,1-2H3,(H,12,13). The maximum Gasteiger partial charge on any atom is 0.185 e. The first-order valence-corrected chi connectivity index (χ1v) is 5.68. The van der Waals surface area contributed by atoms with Crippen molar-refractivity contribution in [3.8, 4) is 6.07 Å². The minimum absolute atomic E-state index is 0.249. The van der Waals surface area contributed by atoms with Crippen LogP contribution in [0.3, 0.4) is 0 Å². The Labute approximate surface area is 97.8 Å². The van der Waals surface area contributed by atoms with Crippen LogP contribution >= 0.6 is 22.9 Å². The number of hydrogen-bond acceptors (Lipinski definition) is 5. The van der Waals surface area contributed by atoms with E-state index in [-0.39, 0.29) is 11.2 Å². The van der Waals surface area contributed by atoms with Crippen LogP contribution in [0.4, 0.5) is 5.13 Å². The Balaban J connectivity index is 2.54. The summed E-state index contributed by atoms with van der Waals surface area (Å²) in [5.74, 6) is 0. The number of nitrogens with one attached hydrogen (secondary N) is 1. The van der Waals surface area contributed by atoms with Crippen LogP contribution in [0.5, 0.6) is 0 Å². The summed E-state index contributed by atoms with van der Waals surface area (Å²) in [4.78, 5) is 4.48. The normalized spacial score (nSPS) is 12.1. The first-order chi connectivity index (χ1) is 7.17. The lowest BCUT2D eigenvalue weighted by Gasteiger charge is -2.11. The Morgan fingerprint density at radius 3 is 3.00 bits per heavy atom. The second kappa shape index (κ2) is 5.91. The van der Waals surface area contributed by atoms with Gasteiger partial charge < -0.3 is 10.1 Å². The molecule has 0 fully saturated rings. The monoisotopic (exact) mass is 245 g/mol. The highest BCUT2D eigenvalue weighted by Crippen LogP contribution is 2.26. The van der Waals surface area contributed by atoms with Gasteiger partial charge in [-0.05, 0) is 13.3 Å².